The fraction of sp³-hybridized carbons (Fsp3) is 0.350. The number of sulfonamides is 1. The highest BCUT2D eigenvalue weighted by molar-refractivity contribution is 7.89. The number of fused-ring (bicyclic) bond motifs is 1. The Morgan fingerprint density at radius 1 is 1.19 bits per heavy atom. The Hall–Kier alpha value is -2.18. The van der Waals surface area contributed by atoms with Gasteiger partial charge in [-0.05, 0) is 61.4 Å². The van der Waals surface area contributed by atoms with Gasteiger partial charge in [0.2, 0.25) is 10.0 Å². The molecule has 0 aliphatic heterocycles. The van der Waals surface area contributed by atoms with Crippen LogP contribution in [-0.4, -0.2) is 20.9 Å². The van der Waals surface area contributed by atoms with Gasteiger partial charge >= 0.3 is 0 Å². The van der Waals surface area contributed by atoms with Gasteiger partial charge in [0.15, 0.2) is 0 Å². The minimum Gasteiger partial charge on any atom is -0.351 e. The Kier molecular flexibility index (Phi) is 5.16. The minimum absolute atomic E-state index is 0.00346. The van der Waals surface area contributed by atoms with Crippen LogP contribution in [0.5, 0.6) is 0 Å². The van der Waals surface area contributed by atoms with Gasteiger partial charge in [-0.2, -0.15) is 0 Å². The lowest BCUT2D eigenvalue weighted by Crippen LogP contribution is -2.30. The van der Waals surface area contributed by atoms with Crippen molar-refractivity contribution in [3.8, 4) is 0 Å². The molecule has 0 aromatic heterocycles. The second kappa shape index (κ2) is 7.21. The van der Waals surface area contributed by atoms with Crippen LogP contribution < -0.4 is 10.5 Å². The molecule has 26 heavy (non-hydrogen) atoms. The van der Waals surface area contributed by atoms with Crippen molar-refractivity contribution in [1.29, 1.82) is 0 Å². The first-order valence-electron chi connectivity index (χ1n) is 8.77. The van der Waals surface area contributed by atoms with Gasteiger partial charge < -0.3 is 5.32 Å². The number of amides is 1. The average Bonchev–Trinajstić information content (AvgIpc) is 2.58. The Morgan fingerprint density at radius 2 is 1.92 bits per heavy atom. The molecular formula is C20H24N2O3S. The van der Waals surface area contributed by atoms with Gasteiger partial charge in [-0.25, -0.2) is 13.6 Å². The van der Waals surface area contributed by atoms with Crippen molar-refractivity contribution in [1.82, 2.24) is 5.32 Å². The molecule has 1 unspecified atom stereocenters. The van der Waals surface area contributed by atoms with E-state index in [9.17, 15) is 13.2 Å². The fourth-order valence-electron chi connectivity index (χ4n) is 3.76. The highest BCUT2D eigenvalue weighted by Gasteiger charge is 2.22. The third-order valence-corrected chi connectivity index (χ3v) is 6.13. The van der Waals surface area contributed by atoms with Crippen LogP contribution in [0.1, 0.15) is 51.4 Å². The molecule has 0 bridgehead atoms. The first kappa shape index (κ1) is 18.6. The summed E-state index contributed by atoms with van der Waals surface area (Å²) in [5, 5.41) is 8.24. The summed E-state index contributed by atoms with van der Waals surface area (Å²) in [5.74, 6) is 0.0165. The molecule has 3 N–H and O–H groups in total. The third kappa shape index (κ3) is 3.81. The molecule has 0 spiro atoms. The number of benzene rings is 2. The lowest BCUT2D eigenvalue weighted by molar-refractivity contribution is 0.0949. The van der Waals surface area contributed by atoms with Crippen LogP contribution in [0.25, 0.3) is 0 Å². The predicted octanol–water partition coefficient (Wildman–Crippen LogP) is 2.80. The molecule has 3 rings (SSSR count). The summed E-state index contributed by atoms with van der Waals surface area (Å²) in [4.78, 5) is 12.7. The van der Waals surface area contributed by atoms with Crippen LogP contribution >= 0.6 is 0 Å². The summed E-state index contributed by atoms with van der Waals surface area (Å²) < 4.78 is 23.5. The molecule has 1 atom stereocenters. The average molecular weight is 372 g/mol. The zero-order chi connectivity index (χ0) is 18.9. The van der Waals surface area contributed by atoms with E-state index in [1.54, 1.807) is 19.9 Å². The molecule has 5 nitrogen and oxygen atoms in total. The lowest BCUT2D eigenvalue weighted by atomic mass is 9.83. The zero-order valence-corrected chi connectivity index (χ0v) is 15.9. The van der Waals surface area contributed by atoms with Gasteiger partial charge in [-0.1, -0.05) is 30.3 Å². The maximum absolute atomic E-state index is 12.7. The molecule has 2 aromatic carbocycles. The van der Waals surface area contributed by atoms with Gasteiger partial charge in [0.25, 0.3) is 5.91 Å². The summed E-state index contributed by atoms with van der Waals surface area (Å²) >= 11 is 0. The maximum Gasteiger partial charge on any atom is 0.251 e. The van der Waals surface area contributed by atoms with Crippen molar-refractivity contribution in [3.63, 3.8) is 0 Å². The molecule has 0 saturated carbocycles. The second-order valence-corrected chi connectivity index (χ2v) is 8.51. The largest absolute Gasteiger partial charge is 0.351 e. The molecule has 0 heterocycles. The molecule has 0 radical (unpaired) electrons. The van der Waals surface area contributed by atoms with Crippen LogP contribution in [0.3, 0.4) is 0 Å². The van der Waals surface area contributed by atoms with E-state index in [-0.39, 0.29) is 16.7 Å². The first-order valence-corrected chi connectivity index (χ1v) is 10.3. The van der Waals surface area contributed by atoms with E-state index >= 15 is 0 Å². The number of carbonyl (C=O) groups excluding carboxylic acids is 1. The fourth-order valence-corrected chi connectivity index (χ4v) is 4.55. The minimum atomic E-state index is -3.86. The van der Waals surface area contributed by atoms with E-state index in [0.717, 1.165) is 24.8 Å². The number of hydrogen-bond donors (Lipinski definition) is 2. The van der Waals surface area contributed by atoms with Crippen LogP contribution in [0.15, 0.2) is 41.3 Å². The second-order valence-electron chi connectivity index (χ2n) is 6.98. The topological polar surface area (TPSA) is 89.3 Å². The standard InChI is InChI=1S/C20H24N2O3S/c1-13-10-14(2)19(26(21,24)25)11-18(13)20(23)22-12-16-8-5-7-15-6-3-4-9-17(15)16/h3-4,6,9-11,16H,5,7-8,12H2,1-2H3,(H,22,23)(H2,21,24,25). The number of hydrogen-bond acceptors (Lipinski definition) is 3. The molecule has 138 valence electrons. The number of rotatable bonds is 4. The van der Waals surface area contributed by atoms with Gasteiger partial charge in [0.1, 0.15) is 0 Å². The van der Waals surface area contributed by atoms with Crippen LogP contribution in [-0.2, 0) is 16.4 Å². The number of carbonyl (C=O) groups is 1. The van der Waals surface area contributed by atoms with Crippen molar-refractivity contribution < 1.29 is 13.2 Å². The van der Waals surface area contributed by atoms with Crippen LogP contribution in [0.4, 0.5) is 0 Å². The summed E-state index contributed by atoms with van der Waals surface area (Å²) in [6.07, 6.45) is 3.22. The zero-order valence-electron chi connectivity index (χ0n) is 15.1. The summed E-state index contributed by atoms with van der Waals surface area (Å²) in [6.45, 7) is 4.01. The van der Waals surface area contributed by atoms with Crippen molar-refractivity contribution in [2.24, 2.45) is 5.14 Å². The van der Waals surface area contributed by atoms with E-state index in [0.29, 0.717) is 17.7 Å². The summed E-state index contributed by atoms with van der Waals surface area (Å²) in [6, 6.07) is 11.4. The molecule has 1 aliphatic carbocycles. The molecule has 0 fully saturated rings. The molecular weight excluding hydrogens is 348 g/mol. The highest BCUT2D eigenvalue weighted by Crippen LogP contribution is 2.31. The Bertz CT molecular complexity index is 952. The highest BCUT2D eigenvalue weighted by atomic mass is 32.2. The predicted molar refractivity (Wildman–Crippen MR) is 102 cm³/mol. The van der Waals surface area contributed by atoms with Gasteiger partial charge in [0, 0.05) is 18.0 Å². The maximum atomic E-state index is 12.7. The monoisotopic (exact) mass is 372 g/mol. The number of nitrogens with two attached hydrogens (primary N) is 1. The third-order valence-electron chi connectivity index (χ3n) is 5.08. The Morgan fingerprint density at radius 3 is 2.65 bits per heavy atom. The van der Waals surface area contributed by atoms with E-state index in [4.69, 9.17) is 5.14 Å². The van der Waals surface area contributed by atoms with Gasteiger partial charge in [0.05, 0.1) is 4.90 Å². The van der Waals surface area contributed by atoms with Crippen molar-refractivity contribution >= 4 is 15.9 Å². The van der Waals surface area contributed by atoms with E-state index < -0.39 is 10.0 Å². The molecule has 2 aromatic rings. The van der Waals surface area contributed by atoms with E-state index in [1.807, 2.05) is 12.1 Å². The number of primary sulfonamides is 1. The van der Waals surface area contributed by atoms with Crippen LogP contribution in [0.2, 0.25) is 0 Å². The quantitative estimate of drug-likeness (QED) is 0.865. The van der Waals surface area contributed by atoms with E-state index in [1.165, 1.54) is 17.2 Å². The summed E-state index contributed by atoms with van der Waals surface area (Å²) in [7, 11) is -3.86. The Labute approximate surface area is 154 Å². The molecule has 1 amide bonds. The Balaban J connectivity index is 1.80. The van der Waals surface area contributed by atoms with E-state index in [2.05, 4.69) is 17.4 Å². The van der Waals surface area contributed by atoms with Crippen molar-refractivity contribution in [2.45, 2.75) is 43.9 Å². The van der Waals surface area contributed by atoms with Gasteiger partial charge in [-0.15, -0.1) is 0 Å². The molecule has 0 saturated heterocycles. The normalized spacial score (nSPS) is 16.8. The lowest BCUT2D eigenvalue weighted by Gasteiger charge is -2.25. The number of nitrogens with one attached hydrogen (secondary N) is 1. The van der Waals surface area contributed by atoms with Crippen molar-refractivity contribution in [3.05, 3.63) is 64.2 Å². The summed E-state index contributed by atoms with van der Waals surface area (Å²) in [5.41, 5.74) is 4.27. The first-order chi connectivity index (χ1) is 12.3. The van der Waals surface area contributed by atoms with Gasteiger partial charge in [-0.3, -0.25) is 4.79 Å². The SMILES string of the molecule is Cc1cc(C)c(S(N)(=O)=O)cc1C(=O)NCC1CCCc2ccccc21. The molecule has 6 heteroatoms. The molecule has 1 aliphatic rings. The smallest absolute Gasteiger partial charge is 0.251 e. The van der Waals surface area contributed by atoms with Crippen LogP contribution in [0, 0.1) is 13.8 Å². The number of aryl methyl sites for hydroxylation is 3. The van der Waals surface area contributed by atoms with Crippen molar-refractivity contribution in [2.75, 3.05) is 6.54 Å².